The molecule has 1 amide bonds. The molecule has 164 valence electrons. The van der Waals surface area contributed by atoms with Gasteiger partial charge in [-0.1, -0.05) is 29.8 Å². The lowest BCUT2D eigenvalue weighted by Crippen LogP contribution is -2.21. The smallest absolute Gasteiger partial charge is 0.320 e. The fourth-order valence-corrected chi connectivity index (χ4v) is 4.47. The number of hydrogen-bond donors (Lipinski definition) is 1. The van der Waals surface area contributed by atoms with Crippen molar-refractivity contribution in [1.82, 2.24) is 9.55 Å². The van der Waals surface area contributed by atoms with Crippen molar-refractivity contribution in [3.05, 3.63) is 91.8 Å². The number of anilines is 1. The Kier molecular flexibility index (Phi) is 5.79. The highest BCUT2D eigenvalue weighted by atomic mass is 35.5. The van der Waals surface area contributed by atoms with Crippen LogP contribution in [0, 0.1) is 6.92 Å². The third kappa shape index (κ3) is 4.39. The molecule has 0 spiro atoms. The first-order valence-corrected chi connectivity index (χ1v) is 10.6. The normalized spacial score (nSPS) is 11.7. The number of halogens is 4. The molecule has 3 heterocycles. The number of hydrogen-bond acceptors (Lipinski definition) is 4. The molecule has 0 bridgehead atoms. The lowest BCUT2D eigenvalue weighted by Gasteiger charge is -2.10. The number of pyridine rings is 2. The predicted molar refractivity (Wildman–Crippen MR) is 119 cm³/mol. The van der Waals surface area contributed by atoms with Crippen LogP contribution < -0.4 is 10.9 Å². The minimum atomic E-state index is -4.57. The molecule has 0 saturated carbocycles. The van der Waals surface area contributed by atoms with Crippen LogP contribution in [0.4, 0.5) is 18.9 Å². The van der Waals surface area contributed by atoms with Crippen LogP contribution in [0.1, 0.15) is 26.5 Å². The van der Waals surface area contributed by atoms with Gasteiger partial charge in [0.2, 0.25) is 0 Å². The van der Waals surface area contributed by atoms with Gasteiger partial charge in [0, 0.05) is 22.7 Å². The van der Waals surface area contributed by atoms with Crippen LogP contribution in [0.5, 0.6) is 0 Å². The lowest BCUT2D eigenvalue weighted by molar-refractivity contribution is -0.140. The van der Waals surface area contributed by atoms with E-state index >= 15 is 0 Å². The second kappa shape index (κ2) is 8.40. The van der Waals surface area contributed by atoms with Gasteiger partial charge in [0.1, 0.15) is 10.5 Å². The second-order valence-electron chi connectivity index (χ2n) is 7.03. The van der Waals surface area contributed by atoms with Crippen LogP contribution in [0.3, 0.4) is 0 Å². The molecule has 1 aromatic carbocycles. The zero-order chi connectivity index (χ0) is 23.0. The van der Waals surface area contributed by atoms with Crippen molar-refractivity contribution in [3.8, 4) is 0 Å². The SMILES string of the molecule is Cc1c(C(=O)Nc2ccc(=O)n(Cc3ccccc3Cl)c2)sc2nc(C(F)(F)F)ccc12. The summed E-state index contributed by atoms with van der Waals surface area (Å²) in [5.41, 5.74) is 0.358. The highest BCUT2D eigenvalue weighted by molar-refractivity contribution is 7.20. The number of benzene rings is 1. The molecule has 5 nitrogen and oxygen atoms in total. The summed E-state index contributed by atoms with van der Waals surface area (Å²) in [4.78, 5) is 29.1. The van der Waals surface area contributed by atoms with Crippen molar-refractivity contribution < 1.29 is 18.0 Å². The third-order valence-electron chi connectivity index (χ3n) is 4.84. The number of amides is 1. The molecule has 4 aromatic rings. The van der Waals surface area contributed by atoms with Gasteiger partial charge in [0.05, 0.1) is 17.1 Å². The number of carbonyl (C=O) groups is 1. The van der Waals surface area contributed by atoms with Gasteiger partial charge in [-0.3, -0.25) is 9.59 Å². The Balaban J connectivity index is 1.61. The Labute approximate surface area is 189 Å². The van der Waals surface area contributed by atoms with Crippen LogP contribution in [-0.4, -0.2) is 15.5 Å². The largest absolute Gasteiger partial charge is 0.433 e. The number of aromatic nitrogens is 2. The zero-order valence-electron chi connectivity index (χ0n) is 16.5. The Morgan fingerprint density at radius 1 is 1.16 bits per heavy atom. The quantitative estimate of drug-likeness (QED) is 0.407. The number of alkyl halides is 3. The fourth-order valence-electron chi connectivity index (χ4n) is 3.20. The van der Waals surface area contributed by atoms with Crippen LogP contribution in [0.25, 0.3) is 10.2 Å². The monoisotopic (exact) mass is 477 g/mol. The molecular weight excluding hydrogens is 463 g/mol. The van der Waals surface area contributed by atoms with Gasteiger partial charge >= 0.3 is 6.18 Å². The average molecular weight is 478 g/mol. The molecular formula is C22H15ClF3N3O2S. The van der Waals surface area contributed by atoms with Crippen LogP contribution in [0.2, 0.25) is 5.02 Å². The summed E-state index contributed by atoms with van der Waals surface area (Å²) in [5, 5.41) is 3.70. The summed E-state index contributed by atoms with van der Waals surface area (Å²) in [6, 6.07) is 12.1. The van der Waals surface area contributed by atoms with E-state index in [9.17, 15) is 22.8 Å². The summed E-state index contributed by atoms with van der Waals surface area (Å²) >= 11 is 7.05. The summed E-state index contributed by atoms with van der Waals surface area (Å²) in [6.45, 7) is 1.87. The highest BCUT2D eigenvalue weighted by Gasteiger charge is 2.33. The van der Waals surface area contributed by atoms with Gasteiger partial charge < -0.3 is 9.88 Å². The number of rotatable bonds is 4. The van der Waals surface area contributed by atoms with Crippen molar-refractivity contribution in [2.75, 3.05) is 5.32 Å². The number of fused-ring (bicyclic) bond motifs is 1. The number of carbonyl (C=O) groups excluding carboxylic acids is 1. The van der Waals surface area contributed by atoms with E-state index in [1.807, 2.05) is 0 Å². The van der Waals surface area contributed by atoms with Gasteiger partial charge in [0.15, 0.2) is 0 Å². The molecule has 0 aliphatic rings. The van der Waals surface area contributed by atoms with E-state index in [1.165, 1.54) is 29.0 Å². The van der Waals surface area contributed by atoms with E-state index in [0.717, 1.165) is 23.0 Å². The van der Waals surface area contributed by atoms with E-state index in [2.05, 4.69) is 10.3 Å². The summed E-state index contributed by atoms with van der Waals surface area (Å²) in [6.07, 6.45) is -3.07. The molecule has 0 aliphatic carbocycles. The molecule has 10 heteroatoms. The first-order chi connectivity index (χ1) is 15.1. The Bertz CT molecular complexity index is 1400. The molecule has 1 N–H and O–H groups in total. The van der Waals surface area contributed by atoms with Gasteiger partial charge in [-0.25, -0.2) is 4.98 Å². The number of nitrogens with zero attached hydrogens (tertiary/aromatic N) is 2. The molecule has 0 unspecified atom stereocenters. The predicted octanol–water partition coefficient (Wildman–Crippen LogP) is 5.74. The van der Waals surface area contributed by atoms with Crippen LogP contribution in [0.15, 0.2) is 59.5 Å². The first kappa shape index (κ1) is 22.0. The van der Waals surface area contributed by atoms with E-state index in [1.54, 1.807) is 31.2 Å². The molecule has 32 heavy (non-hydrogen) atoms. The Morgan fingerprint density at radius 3 is 2.62 bits per heavy atom. The molecule has 0 fully saturated rings. The van der Waals surface area contributed by atoms with Crippen molar-refractivity contribution in [2.24, 2.45) is 0 Å². The van der Waals surface area contributed by atoms with Crippen LogP contribution in [-0.2, 0) is 12.7 Å². The molecule has 4 rings (SSSR count). The Hall–Kier alpha value is -3.17. The molecule has 0 aliphatic heterocycles. The highest BCUT2D eigenvalue weighted by Crippen LogP contribution is 2.34. The van der Waals surface area contributed by atoms with Gasteiger partial charge in [-0.05, 0) is 42.3 Å². The zero-order valence-corrected chi connectivity index (χ0v) is 18.1. The summed E-state index contributed by atoms with van der Waals surface area (Å²) < 4.78 is 40.3. The average Bonchev–Trinajstić information content (AvgIpc) is 3.07. The minimum Gasteiger partial charge on any atom is -0.320 e. The second-order valence-corrected chi connectivity index (χ2v) is 8.44. The lowest BCUT2D eigenvalue weighted by atomic mass is 10.1. The summed E-state index contributed by atoms with van der Waals surface area (Å²) in [7, 11) is 0. The van der Waals surface area contributed by atoms with E-state index < -0.39 is 17.8 Å². The van der Waals surface area contributed by atoms with Crippen molar-refractivity contribution >= 4 is 44.7 Å². The van der Waals surface area contributed by atoms with E-state index in [4.69, 9.17) is 11.6 Å². The molecule has 0 atom stereocenters. The number of nitrogens with one attached hydrogen (secondary N) is 1. The maximum atomic E-state index is 12.9. The first-order valence-electron chi connectivity index (χ1n) is 9.36. The topological polar surface area (TPSA) is 64.0 Å². The molecule has 0 radical (unpaired) electrons. The van der Waals surface area contributed by atoms with Crippen molar-refractivity contribution in [3.63, 3.8) is 0 Å². The number of thiophene rings is 1. The number of aryl methyl sites for hydroxylation is 1. The fraction of sp³-hybridized carbons (Fsp3) is 0.136. The Morgan fingerprint density at radius 2 is 1.91 bits per heavy atom. The van der Waals surface area contributed by atoms with Crippen molar-refractivity contribution in [1.29, 1.82) is 0 Å². The molecule has 3 aromatic heterocycles. The van der Waals surface area contributed by atoms with Gasteiger partial charge in [0.25, 0.3) is 11.5 Å². The van der Waals surface area contributed by atoms with E-state index in [0.29, 0.717) is 21.7 Å². The minimum absolute atomic E-state index is 0.131. The van der Waals surface area contributed by atoms with Gasteiger partial charge in [-0.2, -0.15) is 13.2 Å². The molecule has 0 saturated heterocycles. The maximum absolute atomic E-state index is 12.9. The van der Waals surface area contributed by atoms with Gasteiger partial charge in [-0.15, -0.1) is 11.3 Å². The van der Waals surface area contributed by atoms with Crippen LogP contribution >= 0.6 is 22.9 Å². The maximum Gasteiger partial charge on any atom is 0.433 e. The van der Waals surface area contributed by atoms with E-state index in [-0.39, 0.29) is 21.8 Å². The van der Waals surface area contributed by atoms with Crippen molar-refractivity contribution in [2.45, 2.75) is 19.6 Å². The summed E-state index contributed by atoms with van der Waals surface area (Å²) in [5.74, 6) is -0.498. The standard InChI is InChI=1S/C22H15ClF3N3O2S/c1-12-15-7-8-17(22(24,25)26)28-21(15)32-19(12)20(31)27-14-6-9-18(30)29(11-14)10-13-4-2-3-5-16(13)23/h2-9,11H,10H2,1H3,(H,27,31). The third-order valence-corrected chi connectivity index (χ3v) is 6.41.